The second-order valence-electron chi connectivity index (χ2n) is 8.23. The quantitative estimate of drug-likeness (QED) is 0.111. The molecule has 11 heteroatoms. The van der Waals surface area contributed by atoms with Crippen LogP contribution in [0.3, 0.4) is 0 Å². The maximum Gasteiger partial charge on any atom is 0.217 e. The Morgan fingerprint density at radius 3 is 1.81 bits per heavy atom. The molecule has 2 aromatic carbocycles. The van der Waals surface area contributed by atoms with Crippen molar-refractivity contribution in [3.63, 3.8) is 0 Å². The maximum absolute atomic E-state index is 10.7. The molecule has 0 saturated carbocycles. The van der Waals surface area contributed by atoms with E-state index < -0.39 is 48.6 Å². The summed E-state index contributed by atoms with van der Waals surface area (Å²) in [7, 11) is 0. The highest BCUT2D eigenvalue weighted by Gasteiger charge is 2.24. The molecule has 0 aliphatic carbocycles. The number of aliphatic hydroxyl groups is 8. The third-order valence-electron chi connectivity index (χ3n) is 5.41. The minimum Gasteiger partial charge on any atom is -0.508 e. The van der Waals surface area contributed by atoms with E-state index in [2.05, 4.69) is 10.6 Å². The van der Waals surface area contributed by atoms with Crippen molar-refractivity contribution in [1.82, 2.24) is 10.6 Å². The fraction of sp³-hybridized carbons (Fsp3) is 0.385. The average Bonchev–Trinajstić information content (AvgIpc) is 2.92. The largest absolute Gasteiger partial charge is 0.508 e. The lowest BCUT2D eigenvalue weighted by Crippen LogP contribution is -2.38. The van der Waals surface area contributed by atoms with Crippen LogP contribution in [0.25, 0.3) is 0 Å². The number of hydrogen-bond acceptors (Lipinski definition) is 11. The number of ether oxygens (including phenoxy) is 1. The number of nitrogens with one attached hydrogen (secondary N) is 2. The molecule has 204 valence electrons. The van der Waals surface area contributed by atoms with Crippen LogP contribution in [0.4, 0.5) is 0 Å². The lowest BCUT2D eigenvalue weighted by atomic mass is 10.1. The first-order valence-electron chi connectivity index (χ1n) is 11.8. The van der Waals surface area contributed by atoms with E-state index in [4.69, 9.17) is 9.84 Å². The van der Waals surface area contributed by atoms with E-state index in [1.54, 1.807) is 0 Å². The van der Waals surface area contributed by atoms with Crippen molar-refractivity contribution in [2.24, 2.45) is 0 Å². The topological polar surface area (TPSA) is 195 Å². The summed E-state index contributed by atoms with van der Waals surface area (Å²) in [4.78, 5) is 0. The second-order valence-corrected chi connectivity index (χ2v) is 8.23. The fourth-order valence-corrected chi connectivity index (χ4v) is 3.28. The molecule has 10 N–H and O–H groups in total. The molecule has 0 saturated heterocycles. The third kappa shape index (κ3) is 10.0. The zero-order chi connectivity index (χ0) is 27.2. The molecule has 0 radical (unpaired) electrons. The van der Waals surface area contributed by atoms with Crippen LogP contribution in [0.2, 0.25) is 0 Å². The van der Waals surface area contributed by atoms with E-state index in [1.807, 2.05) is 60.7 Å². The Morgan fingerprint density at radius 1 is 0.703 bits per heavy atom. The number of rotatable bonds is 16. The van der Waals surface area contributed by atoms with Crippen LogP contribution in [0, 0.1) is 0 Å². The standard InChI is InChI=1S/C26H36N2O9/c29-13-11-19(30)23(33)24(34)26(36)37-14-12-20(31)22(32)21(27-15-17-7-3-1-4-8-17)25(35)28-16-18-9-5-2-6-10-18/h1-10,19-20,25-36H,11-16H2/b22-21-,24-23-/t19?,20-,25-,26-/m1/s1. The van der Waals surface area contributed by atoms with E-state index in [9.17, 15) is 35.7 Å². The molecule has 1 unspecified atom stereocenters. The van der Waals surface area contributed by atoms with Gasteiger partial charge in [0.1, 0.15) is 24.2 Å². The van der Waals surface area contributed by atoms with Gasteiger partial charge in [-0.25, -0.2) is 0 Å². The van der Waals surface area contributed by atoms with Gasteiger partial charge in [0.15, 0.2) is 11.5 Å². The van der Waals surface area contributed by atoms with Gasteiger partial charge in [-0.2, -0.15) is 0 Å². The Kier molecular flexibility index (Phi) is 12.9. The highest BCUT2D eigenvalue weighted by atomic mass is 16.6. The van der Waals surface area contributed by atoms with Gasteiger partial charge in [0, 0.05) is 32.5 Å². The molecule has 0 aliphatic heterocycles. The average molecular weight is 521 g/mol. The molecular formula is C26H36N2O9. The summed E-state index contributed by atoms with van der Waals surface area (Å²) in [6.45, 7) is -0.298. The van der Waals surface area contributed by atoms with Gasteiger partial charge >= 0.3 is 0 Å². The normalized spacial score (nSPS) is 16.2. The summed E-state index contributed by atoms with van der Waals surface area (Å²) in [5.41, 5.74) is 1.71. The highest BCUT2D eigenvalue weighted by molar-refractivity contribution is 5.20. The Hall–Kier alpha value is -3.16. The number of hydrogen-bond donors (Lipinski definition) is 10. The van der Waals surface area contributed by atoms with Crippen LogP contribution in [-0.4, -0.2) is 78.8 Å². The van der Waals surface area contributed by atoms with E-state index in [1.165, 1.54) is 0 Å². The molecular weight excluding hydrogens is 484 g/mol. The van der Waals surface area contributed by atoms with Gasteiger partial charge in [0.25, 0.3) is 0 Å². The van der Waals surface area contributed by atoms with Crippen molar-refractivity contribution in [1.29, 1.82) is 0 Å². The van der Waals surface area contributed by atoms with Crippen molar-refractivity contribution in [3.05, 3.63) is 94.8 Å². The Balaban J connectivity index is 2.05. The molecule has 0 aromatic heterocycles. The Bertz CT molecular complexity index is 986. The smallest absolute Gasteiger partial charge is 0.217 e. The second kappa shape index (κ2) is 15.8. The van der Waals surface area contributed by atoms with Gasteiger partial charge in [-0.3, -0.25) is 5.32 Å². The van der Waals surface area contributed by atoms with E-state index in [0.717, 1.165) is 11.1 Å². The zero-order valence-corrected chi connectivity index (χ0v) is 20.3. The van der Waals surface area contributed by atoms with E-state index in [0.29, 0.717) is 0 Å². The molecule has 2 rings (SSSR count). The summed E-state index contributed by atoms with van der Waals surface area (Å²) >= 11 is 0. The molecule has 0 aliphatic rings. The summed E-state index contributed by atoms with van der Waals surface area (Å²) < 4.78 is 4.97. The minimum absolute atomic E-state index is 0.0552. The van der Waals surface area contributed by atoms with Crippen LogP contribution >= 0.6 is 0 Å². The summed E-state index contributed by atoms with van der Waals surface area (Å²) in [5, 5.41) is 85.5. The molecule has 4 atom stereocenters. The molecule has 11 nitrogen and oxygen atoms in total. The third-order valence-corrected chi connectivity index (χ3v) is 5.41. The summed E-state index contributed by atoms with van der Waals surface area (Å²) in [5.74, 6) is -2.55. The SMILES string of the molecule is OCCC(O)/C(O)=C(/O)[C@H](O)OCC[C@@H](O)/C(O)=C(/NCc1ccccc1)[C@@H](O)NCc1ccccc1. The highest BCUT2D eigenvalue weighted by Crippen LogP contribution is 2.15. The maximum atomic E-state index is 10.7. The van der Waals surface area contributed by atoms with E-state index in [-0.39, 0.29) is 38.2 Å². The predicted octanol–water partition coefficient (Wildman–Crippen LogP) is 0.811. The molecule has 0 bridgehead atoms. The van der Waals surface area contributed by atoms with Crippen LogP contribution in [-0.2, 0) is 17.8 Å². The van der Waals surface area contributed by atoms with Crippen molar-refractivity contribution >= 4 is 0 Å². The molecule has 0 amide bonds. The summed E-state index contributed by atoms with van der Waals surface area (Å²) in [6.07, 6.45) is -7.00. The van der Waals surface area contributed by atoms with Crippen molar-refractivity contribution < 1.29 is 45.6 Å². The molecule has 0 fully saturated rings. The van der Waals surface area contributed by atoms with Crippen LogP contribution in [0.5, 0.6) is 0 Å². The minimum atomic E-state index is -2.01. The van der Waals surface area contributed by atoms with Gasteiger partial charge in [-0.1, -0.05) is 60.7 Å². The molecule has 2 aromatic rings. The monoisotopic (exact) mass is 520 g/mol. The van der Waals surface area contributed by atoms with Crippen molar-refractivity contribution in [3.8, 4) is 0 Å². The Labute approximate surface area is 215 Å². The van der Waals surface area contributed by atoms with E-state index >= 15 is 0 Å². The zero-order valence-electron chi connectivity index (χ0n) is 20.3. The molecule has 0 spiro atoms. The molecule has 0 heterocycles. The first-order chi connectivity index (χ1) is 17.7. The van der Waals surface area contributed by atoms with Crippen LogP contribution < -0.4 is 10.6 Å². The van der Waals surface area contributed by atoms with Gasteiger partial charge in [0.2, 0.25) is 6.29 Å². The summed E-state index contributed by atoms with van der Waals surface area (Å²) in [6, 6.07) is 18.5. The number of benzene rings is 2. The Morgan fingerprint density at radius 2 is 1.24 bits per heavy atom. The van der Waals surface area contributed by atoms with Crippen molar-refractivity contribution in [2.75, 3.05) is 13.2 Å². The van der Waals surface area contributed by atoms with Crippen molar-refractivity contribution in [2.45, 2.75) is 50.7 Å². The van der Waals surface area contributed by atoms with Gasteiger partial charge < -0.3 is 50.9 Å². The van der Waals surface area contributed by atoms with Gasteiger partial charge in [-0.05, 0) is 11.1 Å². The van der Waals surface area contributed by atoms with Crippen LogP contribution in [0.1, 0.15) is 24.0 Å². The van der Waals surface area contributed by atoms with Crippen LogP contribution in [0.15, 0.2) is 83.6 Å². The first kappa shape index (κ1) is 30.1. The lowest BCUT2D eigenvalue weighted by molar-refractivity contribution is -0.104. The van der Waals surface area contributed by atoms with Gasteiger partial charge in [0.05, 0.1) is 12.3 Å². The molecule has 37 heavy (non-hydrogen) atoms. The first-order valence-corrected chi connectivity index (χ1v) is 11.8. The number of aliphatic hydroxyl groups excluding tert-OH is 8. The fourth-order valence-electron chi connectivity index (χ4n) is 3.28. The predicted molar refractivity (Wildman–Crippen MR) is 135 cm³/mol. The lowest BCUT2D eigenvalue weighted by Gasteiger charge is -2.23. The van der Waals surface area contributed by atoms with Gasteiger partial charge in [-0.15, -0.1) is 0 Å².